The number of hydrogen-bond acceptors (Lipinski definition) is 1. The molecule has 1 aliphatic heterocycles. The maximum atomic E-state index is 5.95. The van der Waals surface area contributed by atoms with Crippen molar-refractivity contribution in [3.8, 4) is 0 Å². The van der Waals surface area contributed by atoms with Crippen LogP contribution in [0.4, 0.5) is 0 Å². The summed E-state index contributed by atoms with van der Waals surface area (Å²) in [5.41, 5.74) is 1.26. The zero-order valence-electron chi connectivity index (χ0n) is 7.89. The monoisotopic (exact) mass is 229 g/mol. The van der Waals surface area contributed by atoms with Gasteiger partial charge < -0.3 is 5.32 Å². The Balaban J connectivity index is 2.05. The van der Waals surface area contributed by atoms with Crippen molar-refractivity contribution >= 4 is 23.2 Å². The molecule has 1 aliphatic rings. The Kier molecular flexibility index (Phi) is 3.32. The SMILES string of the molecule is Clc1ccc(CC2CCCN2)cc1Cl. The Bertz CT molecular complexity index is 319. The van der Waals surface area contributed by atoms with Crippen molar-refractivity contribution in [1.82, 2.24) is 5.32 Å². The highest BCUT2D eigenvalue weighted by atomic mass is 35.5. The Morgan fingerprint density at radius 3 is 2.79 bits per heavy atom. The molecule has 0 bridgehead atoms. The van der Waals surface area contributed by atoms with E-state index in [0.717, 1.165) is 13.0 Å². The molecule has 1 aromatic carbocycles. The highest BCUT2D eigenvalue weighted by molar-refractivity contribution is 6.42. The molecule has 1 unspecified atom stereocenters. The smallest absolute Gasteiger partial charge is 0.0595 e. The lowest BCUT2D eigenvalue weighted by Crippen LogP contribution is -2.23. The third kappa shape index (κ3) is 2.41. The van der Waals surface area contributed by atoms with Gasteiger partial charge in [-0.05, 0) is 43.5 Å². The fraction of sp³-hybridized carbons (Fsp3) is 0.455. The van der Waals surface area contributed by atoms with Crippen molar-refractivity contribution in [1.29, 1.82) is 0 Å². The normalized spacial score (nSPS) is 21.4. The van der Waals surface area contributed by atoms with Crippen molar-refractivity contribution in [2.24, 2.45) is 0 Å². The van der Waals surface area contributed by atoms with Crippen LogP contribution in [0, 0.1) is 0 Å². The van der Waals surface area contributed by atoms with Gasteiger partial charge in [-0.15, -0.1) is 0 Å². The molecule has 0 radical (unpaired) electrons. The molecule has 1 fully saturated rings. The van der Waals surface area contributed by atoms with Gasteiger partial charge in [0, 0.05) is 6.04 Å². The second-order valence-electron chi connectivity index (χ2n) is 3.75. The first-order valence-electron chi connectivity index (χ1n) is 4.93. The summed E-state index contributed by atoms with van der Waals surface area (Å²) in [4.78, 5) is 0. The third-order valence-corrected chi connectivity index (χ3v) is 3.37. The lowest BCUT2D eigenvalue weighted by Gasteiger charge is -2.10. The molecule has 0 saturated carbocycles. The third-order valence-electron chi connectivity index (χ3n) is 2.63. The molecule has 0 aliphatic carbocycles. The van der Waals surface area contributed by atoms with E-state index in [-0.39, 0.29) is 0 Å². The molecular formula is C11H13Cl2N. The fourth-order valence-corrected chi connectivity index (χ4v) is 2.20. The van der Waals surface area contributed by atoms with Gasteiger partial charge in [-0.1, -0.05) is 29.3 Å². The van der Waals surface area contributed by atoms with Crippen LogP contribution in [0.5, 0.6) is 0 Å². The average Bonchev–Trinajstić information content (AvgIpc) is 2.64. The quantitative estimate of drug-likeness (QED) is 0.821. The predicted molar refractivity (Wildman–Crippen MR) is 61.2 cm³/mol. The van der Waals surface area contributed by atoms with Gasteiger partial charge in [0.1, 0.15) is 0 Å². The molecule has 1 saturated heterocycles. The average molecular weight is 230 g/mol. The highest BCUT2D eigenvalue weighted by Crippen LogP contribution is 2.23. The molecule has 1 aromatic rings. The van der Waals surface area contributed by atoms with Crippen LogP contribution in [0.25, 0.3) is 0 Å². The molecule has 2 rings (SSSR count). The number of halogens is 2. The summed E-state index contributed by atoms with van der Waals surface area (Å²) in [6, 6.07) is 6.50. The topological polar surface area (TPSA) is 12.0 Å². The van der Waals surface area contributed by atoms with Crippen LogP contribution in [-0.4, -0.2) is 12.6 Å². The van der Waals surface area contributed by atoms with E-state index in [4.69, 9.17) is 23.2 Å². The van der Waals surface area contributed by atoms with E-state index in [9.17, 15) is 0 Å². The highest BCUT2D eigenvalue weighted by Gasteiger charge is 2.14. The van der Waals surface area contributed by atoms with Gasteiger partial charge in [0.2, 0.25) is 0 Å². The summed E-state index contributed by atoms with van der Waals surface area (Å²) in [5, 5.41) is 4.75. The van der Waals surface area contributed by atoms with Crippen molar-refractivity contribution in [2.75, 3.05) is 6.54 Å². The standard InChI is InChI=1S/C11H13Cl2N/c12-10-4-3-8(7-11(10)13)6-9-2-1-5-14-9/h3-4,7,9,14H,1-2,5-6H2. The summed E-state index contributed by atoms with van der Waals surface area (Å²) < 4.78 is 0. The van der Waals surface area contributed by atoms with Crippen LogP contribution in [-0.2, 0) is 6.42 Å². The molecule has 0 amide bonds. The van der Waals surface area contributed by atoms with Gasteiger partial charge in [-0.2, -0.15) is 0 Å². The van der Waals surface area contributed by atoms with E-state index >= 15 is 0 Å². The lowest BCUT2D eigenvalue weighted by molar-refractivity contribution is 0.603. The van der Waals surface area contributed by atoms with Crippen molar-refractivity contribution in [3.63, 3.8) is 0 Å². The molecule has 0 spiro atoms. The molecule has 1 heterocycles. The van der Waals surface area contributed by atoms with Gasteiger partial charge in [0.05, 0.1) is 10.0 Å². The van der Waals surface area contributed by atoms with Gasteiger partial charge in [-0.3, -0.25) is 0 Å². The summed E-state index contributed by atoms with van der Waals surface area (Å²) in [7, 11) is 0. The van der Waals surface area contributed by atoms with E-state index in [1.165, 1.54) is 18.4 Å². The van der Waals surface area contributed by atoms with Crippen LogP contribution in [0.3, 0.4) is 0 Å². The molecule has 1 N–H and O–H groups in total. The van der Waals surface area contributed by atoms with Crippen molar-refractivity contribution in [2.45, 2.75) is 25.3 Å². The zero-order chi connectivity index (χ0) is 9.97. The van der Waals surface area contributed by atoms with E-state index < -0.39 is 0 Å². The van der Waals surface area contributed by atoms with Crippen molar-refractivity contribution < 1.29 is 0 Å². The van der Waals surface area contributed by atoms with Crippen molar-refractivity contribution in [3.05, 3.63) is 33.8 Å². The van der Waals surface area contributed by atoms with Crippen LogP contribution < -0.4 is 5.32 Å². The lowest BCUT2D eigenvalue weighted by atomic mass is 10.1. The Labute approximate surface area is 94.4 Å². The molecule has 1 nitrogen and oxygen atoms in total. The van der Waals surface area contributed by atoms with E-state index in [0.29, 0.717) is 16.1 Å². The molecule has 76 valence electrons. The first-order chi connectivity index (χ1) is 6.75. The second kappa shape index (κ2) is 4.52. The van der Waals surface area contributed by atoms with Crippen LogP contribution >= 0.6 is 23.2 Å². The predicted octanol–water partition coefficient (Wildman–Crippen LogP) is 3.29. The molecular weight excluding hydrogens is 217 g/mol. The largest absolute Gasteiger partial charge is 0.314 e. The van der Waals surface area contributed by atoms with Gasteiger partial charge >= 0.3 is 0 Å². The fourth-order valence-electron chi connectivity index (χ4n) is 1.88. The van der Waals surface area contributed by atoms with E-state index in [1.54, 1.807) is 0 Å². The van der Waals surface area contributed by atoms with Crippen LogP contribution in [0.15, 0.2) is 18.2 Å². The molecule has 3 heteroatoms. The van der Waals surface area contributed by atoms with Crippen LogP contribution in [0.2, 0.25) is 10.0 Å². The number of hydrogen-bond donors (Lipinski definition) is 1. The Hall–Kier alpha value is -0.240. The van der Waals surface area contributed by atoms with Crippen LogP contribution in [0.1, 0.15) is 18.4 Å². The first kappa shape index (κ1) is 10.3. The molecule has 14 heavy (non-hydrogen) atoms. The Morgan fingerprint density at radius 1 is 1.29 bits per heavy atom. The molecule has 0 aromatic heterocycles. The minimum Gasteiger partial charge on any atom is -0.314 e. The minimum atomic E-state index is 0.618. The van der Waals surface area contributed by atoms with E-state index in [1.807, 2.05) is 18.2 Å². The summed E-state index contributed by atoms with van der Waals surface area (Å²) >= 11 is 11.8. The summed E-state index contributed by atoms with van der Waals surface area (Å²) in [6.45, 7) is 1.14. The van der Waals surface area contributed by atoms with Gasteiger partial charge in [-0.25, -0.2) is 0 Å². The number of nitrogens with one attached hydrogen (secondary N) is 1. The van der Waals surface area contributed by atoms with E-state index in [2.05, 4.69) is 5.32 Å². The number of rotatable bonds is 2. The molecule has 1 atom stereocenters. The Morgan fingerprint density at radius 2 is 2.14 bits per heavy atom. The number of benzene rings is 1. The van der Waals surface area contributed by atoms with Gasteiger partial charge in [0.25, 0.3) is 0 Å². The summed E-state index contributed by atoms with van der Waals surface area (Å²) in [6.07, 6.45) is 3.60. The maximum absolute atomic E-state index is 5.95. The maximum Gasteiger partial charge on any atom is 0.0595 e. The second-order valence-corrected chi connectivity index (χ2v) is 4.56. The zero-order valence-corrected chi connectivity index (χ0v) is 9.41. The minimum absolute atomic E-state index is 0.618. The first-order valence-corrected chi connectivity index (χ1v) is 5.68. The summed E-state index contributed by atoms with van der Waals surface area (Å²) in [5.74, 6) is 0. The van der Waals surface area contributed by atoms with Gasteiger partial charge in [0.15, 0.2) is 0 Å².